The Labute approximate surface area is 211 Å². The smallest absolute Gasteiger partial charge is 0.229 e. The number of aliphatic hydroxyl groups excluding tert-OH is 1. The quantitative estimate of drug-likeness (QED) is 0.399. The van der Waals surface area contributed by atoms with Crippen molar-refractivity contribution >= 4 is 34.2 Å². The van der Waals surface area contributed by atoms with E-state index >= 15 is 8.78 Å². The number of hydrogen-bond donors (Lipinski definition) is 3. The molecule has 37 heavy (non-hydrogen) atoms. The summed E-state index contributed by atoms with van der Waals surface area (Å²) in [6, 6.07) is 4.51. The molecule has 10 heteroatoms. The van der Waals surface area contributed by atoms with E-state index in [1.165, 1.54) is 12.1 Å². The molecule has 0 saturated carbocycles. The van der Waals surface area contributed by atoms with Gasteiger partial charge in [-0.1, -0.05) is 41.5 Å². The lowest BCUT2D eigenvalue weighted by Crippen LogP contribution is -2.29. The maximum absolute atomic E-state index is 15.3. The van der Waals surface area contributed by atoms with E-state index in [4.69, 9.17) is 4.42 Å². The number of anilines is 2. The van der Waals surface area contributed by atoms with E-state index in [9.17, 15) is 23.9 Å². The van der Waals surface area contributed by atoms with E-state index in [-0.39, 0.29) is 17.0 Å². The lowest BCUT2D eigenvalue weighted by molar-refractivity contribution is -0.123. The number of amides is 2. The molecule has 198 valence electrons. The first-order chi connectivity index (χ1) is 16.9. The number of halogens is 3. The minimum absolute atomic E-state index is 0.0351. The minimum atomic E-state index is -1.65. The van der Waals surface area contributed by atoms with Gasteiger partial charge in [-0.15, -0.1) is 0 Å². The molecular formula is C27H29F3N2O5. The molecule has 1 unspecified atom stereocenters. The fourth-order valence-corrected chi connectivity index (χ4v) is 3.35. The number of nitrogens with one attached hydrogen (secondary N) is 2. The van der Waals surface area contributed by atoms with Crippen LogP contribution < -0.4 is 16.1 Å². The third-order valence-corrected chi connectivity index (χ3v) is 5.61. The molecule has 3 N–H and O–H groups in total. The monoisotopic (exact) mass is 518 g/mol. The van der Waals surface area contributed by atoms with Crippen molar-refractivity contribution in [2.24, 2.45) is 10.8 Å². The molecule has 2 amide bonds. The Balaban J connectivity index is 2.22. The second kappa shape index (κ2) is 9.66. The van der Waals surface area contributed by atoms with Crippen LogP contribution in [0.1, 0.15) is 60.1 Å². The molecule has 0 radical (unpaired) electrons. The summed E-state index contributed by atoms with van der Waals surface area (Å²) in [4.78, 5) is 37.8. The van der Waals surface area contributed by atoms with Gasteiger partial charge in [0.1, 0.15) is 11.6 Å². The van der Waals surface area contributed by atoms with Crippen LogP contribution in [-0.4, -0.2) is 16.9 Å². The van der Waals surface area contributed by atoms with Crippen LogP contribution in [-0.2, 0) is 9.59 Å². The van der Waals surface area contributed by atoms with Gasteiger partial charge in [-0.2, -0.15) is 0 Å². The van der Waals surface area contributed by atoms with Gasteiger partial charge >= 0.3 is 0 Å². The summed E-state index contributed by atoms with van der Waals surface area (Å²) in [5, 5.41) is 14.2. The normalized spacial score (nSPS) is 12.9. The van der Waals surface area contributed by atoms with Crippen molar-refractivity contribution in [1.29, 1.82) is 0 Å². The molecule has 0 saturated heterocycles. The second-order valence-electron chi connectivity index (χ2n) is 10.9. The van der Waals surface area contributed by atoms with Crippen LogP contribution in [0.2, 0.25) is 0 Å². The van der Waals surface area contributed by atoms with Gasteiger partial charge in [-0.05, 0) is 25.1 Å². The minimum Gasteiger partial charge on any atom is -0.453 e. The highest BCUT2D eigenvalue weighted by Gasteiger charge is 2.30. The van der Waals surface area contributed by atoms with E-state index < -0.39 is 73.8 Å². The number of aliphatic hydroxyl groups is 1. The van der Waals surface area contributed by atoms with Gasteiger partial charge in [0.2, 0.25) is 11.8 Å². The van der Waals surface area contributed by atoms with Crippen molar-refractivity contribution in [3.63, 3.8) is 0 Å². The number of carbonyl (C=O) groups excluding carboxylic acids is 2. The summed E-state index contributed by atoms with van der Waals surface area (Å²) in [6.07, 6.45) is -1.65. The Kier molecular flexibility index (Phi) is 7.29. The standard InChI is InChI=1S/C27H29F3N2O5/c1-12(33)18-20(29)22(32-25(36)27(5,6)7)19-16(34)11-17(37-23(19)21(18)30)13-8-9-15(14(28)10-13)31-24(35)26(2,3)4/h8-12,33H,1-7H3,(H,31,35)(H,32,36). The van der Waals surface area contributed by atoms with E-state index in [1.807, 2.05) is 0 Å². The van der Waals surface area contributed by atoms with Gasteiger partial charge in [0.15, 0.2) is 22.6 Å². The molecule has 0 aliphatic heterocycles. The number of rotatable bonds is 4. The number of fused-ring (bicyclic) bond motifs is 1. The maximum Gasteiger partial charge on any atom is 0.229 e. The van der Waals surface area contributed by atoms with Crippen LogP contribution in [0.15, 0.2) is 33.5 Å². The second-order valence-corrected chi connectivity index (χ2v) is 10.9. The van der Waals surface area contributed by atoms with E-state index in [0.29, 0.717) is 0 Å². The predicted molar refractivity (Wildman–Crippen MR) is 135 cm³/mol. The molecule has 0 fully saturated rings. The molecule has 0 spiro atoms. The molecule has 3 rings (SSSR count). The average Bonchev–Trinajstić information content (AvgIpc) is 2.76. The molecular weight excluding hydrogens is 489 g/mol. The van der Waals surface area contributed by atoms with Crippen LogP contribution in [0.25, 0.3) is 22.3 Å². The summed E-state index contributed by atoms with van der Waals surface area (Å²) in [5.74, 6) is -4.79. The topological polar surface area (TPSA) is 109 Å². The fourth-order valence-electron chi connectivity index (χ4n) is 3.35. The van der Waals surface area contributed by atoms with Gasteiger partial charge in [0.25, 0.3) is 0 Å². The highest BCUT2D eigenvalue weighted by atomic mass is 19.1. The van der Waals surface area contributed by atoms with E-state index in [1.54, 1.807) is 41.5 Å². The van der Waals surface area contributed by atoms with E-state index in [2.05, 4.69) is 10.6 Å². The maximum atomic E-state index is 15.3. The van der Waals surface area contributed by atoms with Gasteiger partial charge in [-0.25, -0.2) is 13.2 Å². The predicted octanol–water partition coefficient (Wildman–Crippen LogP) is 5.90. The average molecular weight is 519 g/mol. The van der Waals surface area contributed by atoms with Gasteiger partial charge in [-0.3, -0.25) is 14.4 Å². The Morgan fingerprint density at radius 1 is 0.919 bits per heavy atom. The van der Waals surface area contributed by atoms with Crippen molar-refractivity contribution in [3.05, 3.63) is 57.5 Å². The first-order valence-corrected chi connectivity index (χ1v) is 11.5. The van der Waals surface area contributed by atoms with Crippen molar-refractivity contribution in [1.82, 2.24) is 0 Å². The van der Waals surface area contributed by atoms with Crippen LogP contribution in [0.4, 0.5) is 24.5 Å². The van der Waals surface area contributed by atoms with Crippen LogP contribution in [0, 0.1) is 28.3 Å². The van der Waals surface area contributed by atoms with Gasteiger partial charge < -0.3 is 20.2 Å². The summed E-state index contributed by atoms with van der Waals surface area (Å²) in [7, 11) is 0. The summed E-state index contributed by atoms with van der Waals surface area (Å²) in [6.45, 7) is 10.8. The highest BCUT2D eigenvalue weighted by molar-refractivity contribution is 6.03. The SMILES string of the molecule is CC(O)c1c(F)c(NC(=O)C(C)(C)C)c2c(=O)cc(-c3ccc(NC(=O)C(C)(C)C)c(F)c3)oc2c1F. The lowest BCUT2D eigenvalue weighted by Gasteiger charge is -2.21. The molecule has 0 aliphatic carbocycles. The summed E-state index contributed by atoms with van der Waals surface area (Å²) in [5.41, 5.74) is -4.88. The van der Waals surface area contributed by atoms with Crippen LogP contribution in [0.3, 0.4) is 0 Å². The molecule has 1 heterocycles. The van der Waals surface area contributed by atoms with Crippen molar-refractivity contribution in [2.75, 3.05) is 10.6 Å². The fraction of sp³-hybridized carbons (Fsp3) is 0.370. The Hall–Kier alpha value is -3.66. The largest absolute Gasteiger partial charge is 0.453 e. The molecule has 0 bridgehead atoms. The molecule has 3 aromatic rings. The third-order valence-electron chi connectivity index (χ3n) is 5.61. The number of hydrogen-bond acceptors (Lipinski definition) is 5. The van der Waals surface area contributed by atoms with Crippen LogP contribution >= 0.6 is 0 Å². The van der Waals surface area contributed by atoms with Gasteiger partial charge in [0.05, 0.1) is 28.4 Å². The molecule has 0 aliphatic rings. The Morgan fingerprint density at radius 2 is 1.49 bits per heavy atom. The number of benzene rings is 2. The molecule has 7 nitrogen and oxygen atoms in total. The van der Waals surface area contributed by atoms with Crippen molar-refractivity contribution in [2.45, 2.75) is 54.6 Å². The van der Waals surface area contributed by atoms with Crippen molar-refractivity contribution in [3.8, 4) is 11.3 Å². The summed E-state index contributed by atoms with van der Waals surface area (Å²) >= 11 is 0. The van der Waals surface area contributed by atoms with E-state index in [0.717, 1.165) is 19.1 Å². The summed E-state index contributed by atoms with van der Waals surface area (Å²) < 4.78 is 51.0. The van der Waals surface area contributed by atoms with Crippen molar-refractivity contribution < 1.29 is 32.3 Å². The molecule has 1 aromatic heterocycles. The highest BCUT2D eigenvalue weighted by Crippen LogP contribution is 2.37. The zero-order chi connectivity index (χ0) is 28.0. The third kappa shape index (κ3) is 5.53. The van der Waals surface area contributed by atoms with Crippen LogP contribution in [0.5, 0.6) is 0 Å². The molecule has 1 atom stereocenters. The van der Waals surface area contributed by atoms with Gasteiger partial charge in [0, 0.05) is 22.5 Å². The first kappa shape index (κ1) is 27.9. The Bertz CT molecular complexity index is 1460. The lowest BCUT2D eigenvalue weighted by atomic mass is 9.95. The zero-order valence-electron chi connectivity index (χ0n) is 21.6. The number of carbonyl (C=O) groups is 2. The zero-order valence-corrected chi connectivity index (χ0v) is 21.6. The molecule has 2 aromatic carbocycles. The Morgan fingerprint density at radius 3 is 2.00 bits per heavy atom. The first-order valence-electron chi connectivity index (χ1n) is 11.5.